The van der Waals surface area contributed by atoms with E-state index in [1.807, 2.05) is 12.1 Å². The molecule has 2 saturated carbocycles. The molecule has 2 heterocycles. The average Bonchev–Trinajstić information content (AvgIpc) is 3.75. The molecule has 2 fully saturated rings. The van der Waals surface area contributed by atoms with Gasteiger partial charge in [-0.2, -0.15) is 9.78 Å². The second kappa shape index (κ2) is 8.07. The summed E-state index contributed by atoms with van der Waals surface area (Å²) in [6.07, 6.45) is 7.10. The Bertz CT molecular complexity index is 1320. The van der Waals surface area contributed by atoms with Crippen molar-refractivity contribution in [1.29, 1.82) is 0 Å². The fraction of sp³-hybridized carbons (Fsp3) is 0.333. The lowest BCUT2D eigenvalue weighted by molar-refractivity contribution is 0.680. The summed E-state index contributed by atoms with van der Waals surface area (Å²) < 4.78 is 1.48. The minimum Gasteiger partial charge on any atom is -0.370 e. The van der Waals surface area contributed by atoms with E-state index >= 15 is 0 Å². The highest BCUT2D eigenvalue weighted by molar-refractivity contribution is 6.30. The highest BCUT2D eigenvalue weighted by Gasteiger charge is 2.31. The van der Waals surface area contributed by atoms with E-state index in [-0.39, 0.29) is 5.56 Å². The summed E-state index contributed by atoms with van der Waals surface area (Å²) in [6, 6.07) is 15.8. The van der Waals surface area contributed by atoms with Crippen molar-refractivity contribution < 1.29 is 0 Å². The van der Waals surface area contributed by atoms with Crippen molar-refractivity contribution in [2.45, 2.75) is 32.6 Å². The Morgan fingerprint density at radius 1 is 1.00 bits per heavy atom. The highest BCUT2D eigenvalue weighted by atomic mass is 35.5. The molecule has 0 radical (unpaired) electrons. The van der Waals surface area contributed by atoms with Gasteiger partial charge in [0.05, 0.1) is 11.3 Å². The number of aromatic amines is 1. The van der Waals surface area contributed by atoms with Crippen LogP contribution in [0.1, 0.15) is 31.4 Å². The molecule has 168 valence electrons. The quantitative estimate of drug-likeness (QED) is 0.374. The van der Waals surface area contributed by atoms with Crippen LogP contribution in [-0.4, -0.2) is 27.9 Å². The number of para-hydroxylation sites is 1. The van der Waals surface area contributed by atoms with Crippen LogP contribution in [0.25, 0.3) is 28.1 Å². The fourth-order valence-corrected chi connectivity index (χ4v) is 4.83. The van der Waals surface area contributed by atoms with E-state index in [0.29, 0.717) is 16.3 Å². The van der Waals surface area contributed by atoms with Gasteiger partial charge in [-0.1, -0.05) is 29.8 Å². The molecule has 6 rings (SSSR count). The van der Waals surface area contributed by atoms with Crippen LogP contribution in [0.2, 0.25) is 5.02 Å². The molecule has 6 heteroatoms. The van der Waals surface area contributed by atoms with E-state index < -0.39 is 0 Å². The number of rotatable bonds is 7. The van der Waals surface area contributed by atoms with Crippen LogP contribution >= 0.6 is 11.6 Å². The van der Waals surface area contributed by atoms with Crippen LogP contribution in [0.15, 0.2) is 59.5 Å². The molecular formula is C27H27ClN4O. The van der Waals surface area contributed by atoms with Crippen LogP contribution in [0, 0.1) is 18.8 Å². The molecule has 0 bridgehead atoms. The van der Waals surface area contributed by atoms with Gasteiger partial charge in [0.25, 0.3) is 5.56 Å². The predicted molar refractivity (Wildman–Crippen MR) is 134 cm³/mol. The van der Waals surface area contributed by atoms with Crippen LogP contribution in [0.5, 0.6) is 0 Å². The SMILES string of the molecule is Cc1[nH]cc2c(=O)n(-c3ccc(Cl)cc3)nc-2c1-c1ccccc1N(CC1CC1)CC1CC1. The maximum absolute atomic E-state index is 13.3. The molecule has 1 N–H and O–H groups in total. The first kappa shape index (κ1) is 20.5. The van der Waals surface area contributed by atoms with E-state index in [4.69, 9.17) is 16.7 Å². The molecule has 0 atom stereocenters. The van der Waals surface area contributed by atoms with Gasteiger partial charge in [-0.15, -0.1) is 0 Å². The molecule has 0 unspecified atom stereocenters. The first-order valence-electron chi connectivity index (χ1n) is 11.8. The van der Waals surface area contributed by atoms with Gasteiger partial charge in [-0.05, 0) is 74.8 Å². The van der Waals surface area contributed by atoms with Gasteiger partial charge in [-0.25, -0.2) is 0 Å². The van der Waals surface area contributed by atoms with Crippen molar-refractivity contribution in [3.8, 4) is 28.1 Å². The van der Waals surface area contributed by atoms with Crippen LogP contribution in [-0.2, 0) is 0 Å². The number of nitrogens with zero attached hydrogens (tertiary/aromatic N) is 3. The number of hydrogen-bond acceptors (Lipinski definition) is 3. The number of hydrogen-bond donors (Lipinski definition) is 1. The third-order valence-corrected chi connectivity index (χ3v) is 7.11. The van der Waals surface area contributed by atoms with Gasteiger partial charge in [0.2, 0.25) is 0 Å². The van der Waals surface area contributed by atoms with E-state index in [0.717, 1.165) is 47.4 Å². The van der Waals surface area contributed by atoms with E-state index in [2.05, 4.69) is 41.1 Å². The monoisotopic (exact) mass is 458 g/mol. The minimum atomic E-state index is -0.130. The zero-order chi connectivity index (χ0) is 22.5. The van der Waals surface area contributed by atoms with Crippen molar-refractivity contribution in [3.05, 3.63) is 75.8 Å². The summed E-state index contributed by atoms with van der Waals surface area (Å²) in [5.41, 5.74) is 6.30. The number of H-pyrrole nitrogens is 1. The Morgan fingerprint density at radius 3 is 2.33 bits per heavy atom. The first-order chi connectivity index (χ1) is 16.1. The lowest BCUT2D eigenvalue weighted by Gasteiger charge is -2.28. The summed E-state index contributed by atoms with van der Waals surface area (Å²) in [5.74, 6) is 1.61. The Morgan fingerprint density at radius 2 is 1.67 bits per heavy atom. The van der Waals surface area contributed by atoms with Gasteiger partial charge >= 0.3 is 0 Å². The van der Waals surface area contributed by atoms with E-state index in [1.165, 1.54) is 36.1 Å². The van der Waals surface area contributed by atoms with Gasteiger partial charge < -0.3 is 9.88 Å². The van der Waals surface area contributed by atoms with Crippen molar-refractivity contribution in [2.24, 2.45) is 11.8 Å². The van der Waals surface area contributed by atoms with Crippen molar-refractivity contribution in [2.75, 3.05) is 18.0 Å². The number of aryl methyl sites for hydroxylation is 1. The zero-order valence-electron chi connectivity index (χ0n) is 18.7. The lowest BCUT2D eigenvalue weighted by Crippen LogP contribution is -2.28. The molecule has 4 aliphatic rings. The third kappa shape index (κ3) is 3.95. The van der Waals surface area contributed by atoms with Crippen LogP contribution in [0.4, 0.5) is 5.69 Å². The Kier molecular flexibility index (Phi) is 5.02. The minimum absolute atomic E-state index is 0.130. The van der Waals surface area contributed by atoms with Gasteiger partial charge in [-0.3, -0.25) is 4.79 Å². The topological polar surface area (TPSA) is 53.9 Å². The maximum atomic E-state index is 13.3. The molecule has 0 amide bonds. The molecule has 5 nitrogen and oxygen atoms in total. The fourth-order valence-electron chi connectivity index (χ4n) is 4.70. The summed E-state index contributed by atoms with van der Waals surface area (Å²) in [5, 5.41) is 5.45. The largest absolute Gasteiger partial charge is 0.370 e. The molecule has 0 spiro atoms. The number of halogens is 1. The zero-order valence-corrected chi connectivity index (χ0v) is 19.5. The summed E-state index contributed by atoms with van der Waals surface area (Å²) in [7, 11) is 0. The lowest BCUT2D eigenvalue weighted by atomic mass is 9.96. The Balaban J connectivity index is 1.50. The number of benzene rings is 2. The highest BCUT2D eigenvalue weighted by Crippen LogP contribution is 2.42. The molecule has 2 aliphatic carbocycles. The van der Waals surface area contributed by atoms with Crippen molar-refractivity contribution in [3.63, 3.8) is 0 Å². The molecule has 2 aliphatic heterocycles. The van der Waals surface area contributed by atoms with Crippen molar-refractivity contribution >= 4 is 17.3 Å². The summed E-state index contributed by atoms with van der Waals surface area (Å²) >= 11 is 6.05. The smallest absolute Gasteiger partial charge is 0.282 e. The van der Waals surface area contributed by atoms with Gasteiger partial charge in [0, 0.05) is 46.8 Å². The molecule has 2 aromatic carbocycles. The van der Waals surface area contributed by atoms with Gasteiger partial charge in [0.15, 0.2) is 0 Å². The number of aromatic nitrogens is 3. The molecule has 0 aromatic heterocycles. The summed E-state index contributed by atoms with van der Waals surface area (Å²) in [6.45, 7) is 4.28. The molecular weight excluding hydrogens is 432 g/mol. The van der Waals surface area contributed by atoms with E-state index in [9.17, 15) is 4.79 Å². The standard InChI is InChI=1S/C27H27ClN4O/c1-17-25(22-4-2-3-5-24(22)31(15-18-6-7-18)16-19-8-9-19)26-23(14-29-17)27(33)32(30-26)21-12-10-20(28)11-13-21/h2-5,10-14,18-19,29H,6-9,15-16H2,1H3. The molecule has 33 heavy (non-hydrogen) atoms. The third-order valence-electron chi connectivity index (χ3n) is 6.86. The van der Waals surface area contributed by atoms with Gasteiger partial charge in [0.1, 0.15) is 5.69 Å². The average molecular weight is 459 g/mol. The maximum Gasteiger partial charge on any atom is 0.282 e. The number of nitrogens with one attached hydrogen (secondary N) is 1. The van der Waals surface area contributed by atoms with Crippen LogP contribution < -0.4 is 10.5 Å². The second-order valence-corrected chi connectivity index (χ2v) is 9.99. The molecule has 2 aromatic rings. The molecule has 0 saturated heterocycles. The van der Waals surface area contributed by atoms with E-state index in [1.54, 1.807) is 18.3 Å². The number of pyridine rings is 1. The van der Waals surface area contributed by atoms with Crippen molar-refractivity contribution in [1.82, 2.24) is 14.8 Å². The Hall–Kier alpha value is -3.05. The first-order valence-corrected chi connectivity index (χ1v) is 12.2. The predicted octanol–water partition coefficient (Wildman–Crippen LogP) is 5.92. The second-order valence-electron chi connectivity index (χ2n) is 9.55. The number of fused-ring (bicyclic) bond motifs is 1. The Labute approximate surface area is 198 Å². The van der Waals surface area contributed by atoms with Crippen LogP contribution in [0.3, 0.4) is 0 Å². The summed E-state index contributed by atoms with van der Waals surface area (Å²) in [4.78, 5) is 19.2. The number of anilines is 1. The normalized spacial score (nSPS) is 15.8.